The maximum absolute atomic E-state index is 12.1. The number of aromatic nitrogens is 2. The van der Waals surface area contributed by atoms with Gasteiger partial charge in [-0.05, 0) is 30.9 Å². The number of Topliss-reactive ketones (excluding diaryl/α,β-unsaturated/α-hetero) is 1. The number of thiophene rings is 1. The third kappa shape index (κ3) is 2.32. The molecule has 1 aliphatic rings. The minimum absolute atomic E-state index is 0.00106. The largest absolute Gasteiger partial charge is 0.294 e. The number of fused-ring (bicyclic) bond motifs is 1. The molecule has 0 aliphatic heterocycles. The first-order valence-electron chi connectivity index (χ1n) is 6.40. The second-order valence-electron chi connectivity index (χ2n) is 5.91. The van der Waals surface area contributed by atoms with Crippen molar-refractivity contribution in [2.75, 3.05) is 0 Å². The van der Waals surface area contributed by atoms with Gasteiger partial charge in [-0.15, -0.1) is 11.3 Å². The van der Waals surface area contributed by atoms with Crippen LogP contribution in [-0.2, 0) is 6.42 Å². The Morgan fingerprint density at radius 2 is 2.05 bits per heavy atom. The van der Waals surface area contributed by atoms with Gasteiger partial charge in [0.2, 0.25) is 0 Å². The van der Waals surface area contributed by atoms with Crippen molar-refractivity contribution in [2.24, 2.45) is 5.41 Å². The molecule has 0 saturated carbocycles. The van der Waals surface area contributed by atoms with Gasteiger partial charge in [0.15, 0.2) is 11.6 Å². The zero-order valence-corrected chi connectivity index (χ0v) is 12.2. The summed E-state index contributed by atoms with van der Waals surface area (Å²) in [6.45, 7) is 6.30. The number of carbonyl (C=O) groups is 1. The molecule has 1 aliphatic carbocycles. The number of carbonyl (C=O) groups excluding carboxylic acids is 1. The lowest BCUT2D eigenvalue weighted by Crippen LogP contribution is -2.28. The zero-order valence-electron chi connectivity index (χ0n) is 11.4. The van der Waals surface area contributed by atoms with Crippen LogP contribution in [0, 0.1) is 12.3 Å². The zero-order chi connectivity index (χ0) is 13.6. The minimum atomic E-state index is 0.00106. The highest BCUT2D eigenvalue weighted by Crippen LogP contribution is 2.34. The Bertz CT molecular complexity index is 658. The van der Waals surface area contributed by atoms with E-state index in [2.05, 4.69) is 36.8 Å². The number of rotatable bonds is 1. The summed E-state index contributed by atoms with van der Waals surface area (Å²) in [6, 6.07) is 4.11. The molecule has 0 fully saturated rings. The van der Waals surface area contributed by atoms with Gasteiger partial charge in [0, 0.05) is 17.5 Å². The lowest BCUT2D eigenvalue weighted by molar-refractivity contribution is 0.0910. The second-order valence-corrected chi connectivity index (χ2v) is 7.19. The highest BCUT2D eigenvalue weighted by Gasteiger charge is 2.32. The lowest BCUT2D eigenvalue weighted by Gasteiger charge is -2.29. The Balaban J connectivity index is 2.06. The van der Waals surface area contributed by atoms with Gasteiger partial charge in [-0.25, -0.2) is 9.97 Å². The molecule has 0 unspecified atom stereocenters. The Morgan fingerprint density at radius 3 is 2.74 bits per heavy atom. The van der Waals surface area contributed by atoms with Crippen LogP contribution in [0.2, 0.25) is 0 Å². The van der Waals surface area contributed by atoms with Gasteiger partial charge in [0.25, 0.3) is 0 Å². The second kappa shape index (κ2) is 4.23. The summed E-state index contributed by atoms with van der Waals surface area (Å²) in [5.41, 5.74) is 1.61. The molecule has 4 heteroatoms. The van der Waals surface area contributed by atoms with Crippen molar-refractivity contribution in [3.05, 3.63) is 34.5 Å². The van der Waals surface area contributed by atoms with Crippen molar-refractivity contribution in [2.45, 2.75) is 33.6 Å². The summed E-state index contributed by atoms with van der Waals surface area (Å²) in [7, 11) is 0. The molecule has 0 spiro atoms. The predicted molar refractivity (Wildman–Crippen MR) is 76.5 cm³/mol. The molecule has 0 bridgehead atoms. The molecule has 98 valence electrons. The Hall–Kier alpha value is -1.55. The fourth-order valence-corrected chi connectivity index (χ4v) is 3.31. The maximum Gasteiger partial charge on any atom is 0.169 e. The maximum atomic E-state index is 12.1. The van der Waals surface area contributed by atoms with Crippen LogP contribution < -0.4 is 0 Å². The molecular weight excluding hydrogens is 256 g/mol. The van der Waals surface area contributed by atoms with E-state index in [0.717, 1.165) is 22.8 Å². The van der Waals surface area contributed by atoms with Crippen LogP contribution in [-0.4, -0.2) is 15.8 Å². The Kier molecular flexibility index (Phi) is 2.78. The molecule has 0 amide bonds. The highest BCUT2D eigenvalue weighted by atomic mass is 32.1. The van der Waals surface area contributed by atoms with E-state index in [4.69, 9.17) is 0 Å². The smallest absolute Gasteiger partial charge is 0.169 e. The van der Waals surface area contributed by atoms with Crippen molar-refractivity contribution < 1.29 is 4.79 Å². The van der Waals surface area contributed by atoms with Crippen molar-refractivity contribution >= 4 is 17.1 Å². The fraction of sp³-hybridized carbons (Fsp3) is 0.400. The van der Waals surface area contributed by atoms with Crippen LogP contribution in [0.25, 0.3) is 10.7 Å². The number of ketones is 1. The molecule has 2 heterocycles. The van der Waals surface area contributed by atoms with Crippen LogP contribution in [0.5, 0.6) is 0 Å². The molecule has 0 atom stereocenters. The van der Waals surface area contributed by atoms with E-state index in [9.17, 15) is 4.79 Å². The van der Waals surface area contributed by atoms with Gasteiger partial charge in [-0.3, -0.25) is 4.79 Å². The minimum Gasteiger partial charge on any atom is -0.294 e. The first-order valence-corrected chi connectivity index (χ1v) is 7.22. The Morgan fingerprint density at radius 1 is 1.26 bits per heavy atom. The summed E-state index contributed by atoms with van der Waals surface area (Å²) >= 11 is 1.68. The quantitative estimate of drug-likeness (QED) is 0.795. The monoisotopic (exact) mass is 272 g/mol. The summed E-state index contributed by atoms with van der Waals surface area (Å²) < 4.78 is 0. The molecule has 19 heavy (non-hydrogen) atoms. The number of hydrogen-bond acceptors (Lipinski definition) is 4. The average Bonchev–Trinajstić information content (AvgIpc) is 2.73. The fourth-order valence-electron chi connectivity index (χ4n) is 2.50. The lowest BCUT2D eigenvalue weighted by atomic mass is 9.76. The van der Waals surface area contributed by atoms with Gasteiger partial charge >= 0.3 is 0 Å². The van der Waals surface area contributed by atoms with Crippen LogP contribution in [0.15, 0.2) is 18.3 Å². The average molecular weight is 272 g/mol. The van der Waals surface area contributed by atoms with Gasteiger partial charge in [-0.1, -0.05) is 13.8 Å². The van der Waals surface area contributed by atoms with Crippen LogP contribution >= 0.6 is 11.3 Å². The number of nitrogens with zero attached hydrogens (tertiary/aromatic N) is 2. The standard InChI is InChI=1S/C15H16N2OS/c1-9-4-5-13(19-9)14-16-8-10-11(17-14)6-15(2,3)7-12(10)18/h4-5,8H,6-7H2,1-3H3. The van der Waals surface area contributed by atoms with E-state index in [1.165, 1.54) is 4.88 Å². The van der Waals surface area contributed by atoms with Crippen molar-refractivity contribution in [1.29, 1.82) is 0 Å². The van der Waals surface area contributed by atoms with Crippen molar-refractivity contribution in [3.8, 4) is 10.7 Å². The van der Waals surface area contributed by atoms with E-state index in [1.54, 1.807) is 17.5 Å². The summed E-state index contributed by atoms with van der Waals surface area (Å²) in [6.07, 6.45) is 3.12. The molecule has 2 aromatic rings. The van der Waals surface area contributed by atoms with Gasteiger partial charge < -0.3 is 0 Å². The van der Waals surface area contributed by atoms with Crippen LogP contribution in [0.3, 0.4) is 0 Å². The number of aryl methyl sites for hydroxylation is 1. The summed E-state index contributed by atoms with van der Waals surface area (Å²) in [5.74, 6) is 0.905. The van der Waals surface area contributed by atoms with Crippen LogP contribution in [0.4, 0.5) is 0 Å². The molecular formula is C15H16N2OS. The van der Waals surface area contributed by atoms with E-state index < -0.39 is 0 Å². The highest BCUT2D eigenvalue weighted by molar-refractivity contribution is 7.15. The first-order chi connectivity index (χ1) is 8.94. The summed E-state index contributed by atoms with van der Waals surface area (Å²) in [5, 5.41) is 0. The molecule has 2 aromatic heterocycles. The molecule has 3 nitrogen and oxygen atoms in total. The Labute approximate surface area is 116 Å². The molecule has 0 radical (unpaired) electrons. The molecule has 0 saturated heterocycles. The van der Waals surface area contributed by atoms with Crippen molar-refractivity contribution in [1.82, 2.24) is 9.97 Å². The third-order valence-electron chi connectivity index (χ3n) is 3.41. The van der Waals surface area contributed by atoms with E-state index in [0.29, 0.717) is 12.0 Å². The van der Waals surface area contributed by atoms with E-state index in [1.807, 2.05) is 6.07 Å². The predicted octanol–water partition coefficient (Wildman–Crippen LogP) is 3.67. The topological polar surface area (TPSA) is 42.9 Å². The van der Waals surface area contributed by atoms with Gasteiger partial charge in [0.1, 0.15) is 0 Å². The molecule has 0 aromatic carbocycles. The van der Waals surface area contributed by atoms with E-state index >= 15 is 0 Å². The summed E-state index contributed by atoms with van der Waals surface area (Å²) in [4.78, 5) is 23.4. The normalized spacial score (nSPS) is 17.3. The third-order valence-corrected chi connectivity index (χ3v) is 4.41. The first kappa shape index (κ1) is 12.5. The van der Waals surface area contributed by atoms with E-state index in [-0.39, 0.29) is 11.2 Å². The SMILES string of the molecule is Cc1ccc(-c2ncc3c(n2)CC(C)(C)CC3=O)s1. The number of hydrogen-bond donors (Lipinski definition) is 0. The van der Waals surface area contributed by atoms with Crippen LogP contribution in [0.1, 0.15) is 41.2 Å². The van der Waals surface area contributed by atoms with Crippen molar-refractivity contribution in [3.63, 3.8) is 0 Å². The molecule has 3 rings (SSSR count). The van der Waals surface area contributed by atoms with Gasteiger partial charge in [-0.2, -0.15) is 0 Å². The molecule has 0 N–H and O–H groups in total. The van der Waals surface area contributed by atoms with Gasteiger partial charge in [0.05, 0.1) is 16.1 Å².